The van der Waals surface area contributed by atoms with Crippen molar-refractivity contribution in [3.05, 3.63) is 53.7 Å². The van der Waals surface area contributed by atoms with Crippen LogP contribution in [-0.2, 0) is 15.6 Å². The Labute approximate surface area is 122 Å². The monoisotopic (exact) mass is 313 g/mol. The first-order valence-electron chi connectivity index (χ1n) is 6.24. The number of aliphatic hydroxyl groups is 1. The van der Waals surface area contributed by atoms with Crippen LogP contribution in [-0.4, -0.2) is 20.1 Å². The molecule has 0 aliphatic heterocycles. The van der Waals surface area contributed by atoms with E-state index in [2.05, 4.69) is 4.72 Å². The van der Waals surface area contributed by atoms with Crippen molar-refractivity contribution in [3.8, 4) is 0 Å². The van der Waals surface area contributed by atoms with E-state index in [1.54, 1.807) is 12.1 Å². The van der Waals surface area contributed by atoms with Crippen molar-refractivity contribution >= 4 is 10.0 Å². The molecule has 21 heavy (non-hydrogen) atoms. The number of furan rings is 1. The van der Waals surface area contributed by atoms with Gasteiger partial charge in [-0.25, -0.2) is 17.5 Å². The van der Waals surface area contributed by atoms with Gasteiger partial charge in [-0.15, -0.1) is 0 Å². The maximum Gasteiger partial charge on any atom is 0.240 e. The molecule has 0 bridgehead atoms. The first kappa shape index (κ1) is 15.7. The molecule has 0 spiro atoms. The maximum absolute atomic E-state index is 13.0. The molecule has 0 fully saturated rings. The van der Waals surface area contributed by atoms with Gasteiger partial charge in [0.15, 0.2) is 0 Å². The van der Waals surface area contributed by atoms with E-state index in [0.717, 1.165) is 12.1 Å². The van der Waals surface area contributed by atoms with E-state index in [9.17, 15) is 17.9 Å². The zero-order chi connectivity index (χ0) is 15.7. The van der Waals surface area contributed by atoms with Gasteiger partial charge in [0.1, 0.15) is 17.2 Å². The average molecular weight is 313 g/mol. The van der Waals surface area contributed by atoms with Crippen LogP contribution in [0.25, 0.3) is 0 Å². The largest absolute Gasteiger partial charge is 0.466 e. The summed E-state index contributed by atoms with van der Waals surface area (Å²) in [6.45, 7) is 2.67. The van der Waals surface area contributed by atoms with Crippen LogP contribution >= 0.6 is 0 Å². The fourth-order valence-electron chi connectivity index (χ4n) is 1.90. The van der Waals surface area contributed by atoms with Crippen LogP contribution in [0.4, 0.5) is 4.39 Å². The van der Waals surface area contributed by atoms with Crippen LogP contribution in [0, 0.1) is 12.7 Å². The van der Waals surface area contributed by atoms with E-state index in [1.807, 2.05) is 0 Å². The van der Waals surface area contributed by atoms with Gasteiger partial charge >= 0.3 is 0 Å². The number of rotatable bonds is 5. The number of aryl methyl sites for hydroxylation is 1. The fraction of sp³-hybridized carbons (Fsp3) is 0.286. The van der Waals surface area contributed by atoms with Crippen molar-refractivity contribution in [1.82, 2.24) is 4.72 Å². The van der Waals surface area contributed by atoms with Crippen molar-refractivity contribution < 1.29 is 22.3 Å². The van der Waals surface area contributed by atoms with Crippen molar-refractivity contribution in [2.75, 3.05) is 6.54 Å². The Bertz CT molecular complexity index is 723. The van der Waals surface area contributed by atoms with Crippen LogP contribution in [0.2, 0.25) is 0 Å². The minimum absolute atomic E-state index is 0.0286. The highest BCUT2D eigenvalue weighted by Gasteiger charge is 2.29. The minimum atomic E-state index is -3.85. The SMILES string of the molecule is Cc1cc(F)ccc1S(=O)(=O)NCC(C)(O)c1ccco1. The lowest BCUT2D eigenvalue weighted by Crippen LogP contribution is -2.38. The molecule has 2 rings (SSSR count). The minimum Gasteiger partial charge on any atom is -0.466 e. The molecule has 114 valence electrons. The summed E-state index contributed by atoms with van der Waals surface area (Å²) in [6.07, 6.45) is 1.39. The molecule has 0 aliphatic carbocycles. The fourth-order valence-corrected chi connectivity index (χ4v) is 3.26. The molecule has 1 aromatic carbocycles. The molecule has 5 nitrogen and oxygen atoms in total. The third-order valence-electron chi connectivity index (χ3n) is 3.08. The summed E-state index contributed by atoms with van der Waals surface area (Å²) in [5, 5.41) is 10.2. The Hall–Kier alpha value is -1.70. The molecule has 1 atom stereocenters. The highest BCUT2D eigenvalue weighted by molar-refractivity contribution is 7.89. The first-order chi connectivity index (χ1) is 9.72. The van der Waals surface area contributed by atoms with Crippen LogP contribution in [0.1, 0.15) is 18.2 Å². The van der Waals surface area contributed by atoms with E-state index >= 15 is 0 Å². The lowest BCUT2D eigenvalue weighted by atomic mass is 10.1. The predicted molar refractivity (Wildman–Crippen MR) is 74.6 cm³/mol. The lowest BCUT2D eigenvalue weighted by Gasteiger charge is -2.21. The van der Waals surface area contributed by atoms with E-state index in [1.165, 1.54) is 26.2 Å². The maximum atomic E-state index is 13.0. The molecular formula is C14H16FNO4S. The molecule has 0 saturated heterocycles. The third kappa shape index (κ3) is 3.49. The van der Waals surface area contributed by atoms with Gasteiger partial charge in [0, 0.05) is 6.54 Å². The second-order valence-electron chi connectivity index (χ2n) is 4.99. The molecular weight excluding hydrogens is 297 g/mol. The molecule has 2 aromatic rings. The summed E-state index contributed by atoms with van der Waals surface area (Å²) in [6, 6.07) is 6.56. The summed E-state index contributed by atoms with van der Waals surface area (Å²) in [5.41, 5.74) is -1.19. The zero-order valence-electron chi connectivity index (χ0n) is 11.6. The van der Waals surface area contributed by atoms with Crippen LogP contribution in [0.5, 0.6) is 0 Å². The van der Waals surface area contributed by atoms with E-state index in [0.29, 0.717) is 5.56 Å². The molecule has 7 heteroatoms. The normalized spacial score (nSPS) is 14.9. The highest BCUT2D eigenvalue weighted by Crippen LogP contribution is 2.22. The van der Waals surface area contributed by atoms with Gasteiger partial charge in [-0.3, -0.25) is 0 Å². The van der Waals surface area contributed by atoms with Gasteiger partial charge in [-0.1, -0.05) is 0 Å². The second-order valence-corrected chi connectivity index (χ2v) is 6.72. The Balaban J connectivity index is 2.19. The van der Waals surface area contributed by atoms with Crippen LogP contribution in [0.15, 0.2) is 45.9 Å². The topological polar surface area (TPSA) is 79.5 Å². The molecule has 1 heterocycles. The van der Waals surface area contributed by atoms with Gasteiger partial charge in [0.05, 0.1) is 11.2 Å². The molecule has 0 radical (unpaired) electrons. The average Bonchev–Trinajstić information content (AvgIpc) is 2.91. The Kier molecular flexibility index (Phi) is 4.18. The van der Waals surface area contributed by atoms with Crippen molar-refractivity contribution in [3.63, 3.8) is 0 Å². The predicted octanol–water partition coefficient (Wildman–Crippen LogP) is 1.91. The third-order valence-corrected chi connectivity index (χ3v) is 4.65. The Morgan fingerprint density at radius 2 is 2.10 bits per heavy atom. The van der Waals surface area contributed by atoms with Crippen molar-refractivity contribution in [1.29, 1.82) is 0 Å². The molecule has 2 N–H and O–H groups in total. The van der Waals surface area contributed by atoms with Gasteiger partial charge in [0.2, 0.25) is 10.0 Å². The zero-order valence-corrected chi connectivity index (χ0v) is 12.4. The summed E-state index contributed by atoms with van der Waals surface area (Å²) < 4.78 is 44.8. The van der Waals surface area contributed by atoms with E-state index < -0.39 is 21.4 Å². The molecule has 0 amide bonds. The number of sulfonamides is 1. The lowest BCUT2D eigenvalue weighted by molar-refractivity contribution is 0.0395. The summed E-state index contributed by atoms with van der Waals surface area (Å²) in [5.74, 6) is -0.255. The number of halogens is 1. The summed E-state index contributed by atoms with van der Waals surface area (Å²) in [7, 11) is -3.85. The number of nitrogens with one attached hydrogen (secondary N) is 1. The number of hydrogen-bond acceptors (Lipinski definition) is 4. The molecule has 0 saturated carbocycles. The number of benzene rings is 1. The van der Waals surface area contributed by atoms with Crippen LogP contribution < -0.4 is 4.72 Å². The number of hydrogen-bond donors (Lipinski definition) is 2. The summed E-state index contributed by atoms with van der Waals surface area (Å²) >= 11 is 0. The quantitative estimate of drug-likeness (QED) is 0.884. The molecule has 1 unspecified atom stereocenters. The summed E-state index contributed by atoms with van der Waals surface area (Å²) in [4.78, 5) is -0.0286. The second kappa shape index (κ2) is 5.59. The molecule has 0 aliphatic rings. The van der Waals surface area contributed by atoms with E-state index in [4.69, 9.17) is 4.42 Å². The van der Waals surface area contributed by atoms with Gasteiger partial charge in [0.25, 0.3) is 0 Å². The Morgan fingerprint density at radius 3 is 2.67 bits per heavy atom. The van der Waals surface area contributed by atoms with Gasteiger partial charge in [-0.05, 0) is 49.7 Å². The van der Waals surface area contributed by atoms with Crippen molar-refractivity contribution in [2.45, 2.75) is 24.3 Å². The smallest absolute Gasteiger partial charge is 0.240 e. The highest BCUT2D eigenvalue weighted by atomic mass is 32.2. The molecule has 1 aromatic heterocycles. The first-order valence-corrected chi connectivity index (χ1v) is 7.73. The van der Waals surface area contributed by atoms with Crippen LogP contribution in [0.3, 0.4) is 0 Å². The van der Waals surface area contributed by atoms with E-state index in [-0.39, 0.29) is 17.2 Å². The standard InChI is InChI=1S/C14H16FNO4S/c1-10-8-11(15)5-6-12(10)21(18,19)16-9-14(2,17)13-4-3-7-20-13/h3-8,16-17H,9H2,1-2H3. The van der Waals surface area contributed by atoms with Gasteiger partial charge in [-0.2, -0.15) is 0 Å². The Morgan fingerprint density at radius 1 is 1.38 bits per heavy atom. The van der Waals surface area contributed by atoms with Crippen molar-refractivity contribution in [2.24, 2.45) is 0 Å². The van der Waals surface area contributed by atoms with Gasteiger partial charge < -0.3 is 9.52 Å².